The van der Waals surface area contributed by atoms with Gasteiger partial charge in [-0.15, -0.1) is 0 Å². The van der Waals surface area contributed by atoms with E-state index in [-0.39, 0.29) is 6.04 Å². The van der Waals surface area contributed by atoms with Gasteiger partial charge in [-0.3, -0.25) is 0 Å². The Kier molecular flexibility index (Phi) is 4.07. The van der Waals surface area contributed by atoms with E-state index >= 15 is 0 Å². The van der Waals surface area contributed by atoms with Crippen LogP contribution >= 0.6 is 23.2 Å². The number of nitrogens with two attached hydrogens (primary N) is 1. The molecule has 0 radical (unpaired) electrons. The summed E-state index contributed by atoms with van der Waals surface area (Å²) in [5.74, 6) is 1.06. The van der Waals surface area contributed by atoms with Crippen LogP contribution in [-0.2, 0) is 0 Å². The van der Waals surface area contributed by atoms with E-state index in [0.29, 0.717) is 21.7 Å². The maximum atomic E-state index is 5.91. The van der Waals surface area contributed by atoms with Crippen LogP contribution in [0.1, 0.15) is 18.5 Å². The Labute approximate surface area is 115 Å². The van der Waals surface area contributed by atoms with E-state index in [0.717, 1.165) is 5.56 Å². The molecule has 5 heteroatoms. The minimum Gasteiger partial charge on any atom is -0.439 e. The maximum Gasteiger partial charge on any atom is 0.219 e. The van der Waals surface area contributed by atoms with Crippen molar-refractivity contribution in [2.24, 2.45) is 5.73 Å². The van der Waals surface area contributed by atoms with Crippen molar-refractivity contribution in [3.63, 3.8) is 0 Å². The van der Waals surface area contributed by atoms with Gasteiger partial charge in [0.05, 0.1) is 10.0 Å². The Morgan fingerprint density at radius 1 is 1.17 bits per heavy atom. The zero-order valence-electron chi connectivity index (χ0n) is 9.73. The predicted octanol–water partition coefficient (Wildman–Crippen LogP) is 4.20. The van der Waals surface area contributed by atoms with Gasteiger partial charge in [0, 0.05) is 24.4 Å². The molecule has 94 valence electrons. The van der Waals surface area contributed by atoms with E-state index in [1.165, 1.54) is 0 Å². The highest BCUT2D eigenvalue weighted by Gasteiger charge is 2.05. The Hall–Kier alpha value is -1.29. The van der Waals surface area contributed by atoms with E-state index in [1.807, 2.05) is 13.0 Å². The molecule has 0 saturated heterocycles. The number of hydrogen-bond acceptors (Lipinski definition) is 3. The third-order valence-corrected chi connectivity index (χ3v) is 3.14. The van der Waals surface area contributed by atoms with Crippen molar-refractivity contribution in [2.75, 3.05) is 0 Å². The maximum absolute atomic E-state index is 5.91. The summed E-state index contributed by atoms with van der Waals surface area (Å²) in [6.45, 7) is 1.90. The SMILES string of the molecule is C[C@@H](N)c1ccnc(Oc2ccc(Cl)c(Cl)c2)c1. The van der Waals surface area contributed by atoms with E-state index in [9.17, 15) is 0 Å². The molecule has 0 saturated carbocycles. The Bertz CT molecular complexity index is 558. The van der Waals surface area contributed by atoms with Crippen molar-refractivity contribution in [2.45, 2.75) is 13.0 Å². The highest BCUT2D eigenvalue weighted by Crippen LogP contribution is 2.29. The number of hydrogen-bond donors (Lipinski definition) is 1. The quantitative estimate of drug-likeness (QED) is 0.918. The molecule has 0 amide bonds. The average Bonchev–Trinajstić information content (AvgIpc) is 2.34. The zero-order valence-corrected chi connectivity index (χ0v) is 11.2. The highest BCUT2D eigenvalue weighted by atomic mass is 35.5. The third kappa shape index (κ3) is 3.13. The van der Waals surface area contributed by atoms with Crippen LogP contribution in [0.25, 0.3) is 0 Å². The van der Waals surface area contributed by atoms with Gasteiger partial charge in [0.15, 0.2) is 0 Å². The molecular formula is C13H12Cl2N2O. The summed E-state index contributed by atoms with van der Waals surface area (Å²) in [6, 6.07) is 8.64. The van der Waals surface area contributed by atoms with Crippen LogP contribution in [0.15, 0.2) is 36.5 Å². The summed E-state index contributed by atoms with van der Waals surface area (Å²) in [4.78, 5) is 4.12. The molecule has 0 aliphatic carbocycles. The summed E-state index contributed by atoms with van der Waals surface area (Å²) in [5.41, 5.74) is 6.76. The van der Waals surface area contributed by atoms with Gasteiger partial charge in [-0.1, -0.05) is 23.2 Å². The molecule has 18 heavy (non-hydrogen) atoms. The second kappa shape index (κ2) is 5.57. The largest absolute Gasteiger partial charge is 0.439 e. The summed E-state index contributed by atoms with van der Waals surface area (Å²) in [7, 11) is 0. The number of benzene rings is 1. The zero-order chi connectivity index (χ0) is 13.1. The predicted molar refractivity (Wildman–Crippen MR) is 73.4 cm³/mol. The number of aromatic nitrogens is 1. The lowest BCUT2D eigenvalue weighted by atomic mass is 10.1. The Morgan fingerprint density at radius 2 is 1.94 bits per heavy atom. The molecule has 1 atom stereocenters. The van der Waals surface area contributed by atoms with Gasteiger partial charge in [0.1, 0.15) is 5.75 Å². The van der Waals surface area contributed by atoms with Crippen LogP contribution in [0.5, 0.6) is 11.6 Å². The first kappa shape index (κ1) is 13.1. The van der Waals surface area contributed by atoms with Gasteiger partial charge >= 0.3 is 0 Å². The fourth-order valence-electron chi connectivity index (χ4n) is 1.42. The fraction of sp³-hybridized carbons (Fsp3) is 0.154. The topological polar surface area (TPSA) is 48.1 Å². The van der Waals surface area contributed by atoms with E-state index in [1.54, 1.807) is 30.5 Å². The molecule has 1 aromatic carbocycles. The lowest BCUT2D eigenvalue weighted by molar-refractivity contribution is 0.461. The van der Waals surface area contributed by atoms with E-state index < -0.39 is 0 Å². The summed E-state index contributed by atoms with van der Waals surface area (Å²) >= 11 is 11.7. The molecule has 2 N–H and O–H groups in total. The second-order valence-corrected chi connectivity index (χ2v) is 4.71. The van der Waals surface area contributed by atoms with Crippen molar-refractivity contribution >= 4 is 23.2 Å². The monoisotopic (exact) mass is 282 g/mol. The highest BCUT2D eigenvalue weighted by molar-refractivity contribution is 6.42. The average molecular weight is 283 g/mol. The van der Waals surface area contributed by atoms with Gasteiger partial charge in [-0.05, 0) is 30.7 Å². The molecule has 0 aliphatic heterocycles. The smallest absolute Gasteiger partial charge is 0.219 e. The first-order valence-corrected chi connectivity index (χ1v) is 6.16. The van der Waals surface area contributed by atoms with Gasteiger partial charge < -0.3 is 10.5 Å². The minimum absolute atomic E-state index is 0.0656. The summed E-state index contributed by atoms with van der Waals surface area (Å²) in [6.07, 6.45) is 1.66. The normalized spacial score (nSPS) is 12.2. The standard InChI is InChI=1S/C13H12Cl2N2O/c1-8(16)9-4-5-17-13(6-9)18-10-2-3-11(14)12(15)7-10/h2-8H,16H2,1H3/t8-/m1/s1. The lowest BCUT2D eigenvalue weighted by Crippen LogP contribution is -2.05. The minimum atomic E-state index is -0.0656. The van der Waals surface area contributed by atoms with Crippen molar-refractivity contribution < 1.29 is 4.74 Å². The van der Waals surface area contributed by atoms with Crippen LogP contribution in [0.4, 0.5) is 0 Å². The molecule has 1 heterocycles. The number of ether oxygens (including phenoxy) is 1. The second-order valence-electron chi connectivity index (χ2n) is 3.89. The van der Waals surface area contributed by atoms with Crippen LogP contribution < -0.4 is 10.5 Å². The van der Waals surface area contributed by atoms with Crippen molar-refractivity contribution in [3.8, 4) is 11.6 Å². The van der Waals surface area contributed by atoms with E-state index in [2.05, 4.69) is 4.98 Å². The Morgan fingerprint density at radius 3 is 2.61 bits per heavy atom. The van der Waals surface area contributed by atoms with Crippen LogP contribution in [0, 0.1) is 0 Å². The van der Waals surface area contributed by atoms with Gasteiger partial charge in [0.2, 0.25) is 5.88 Å². The molecule has 0 bridgehead atoms. The summed E-state index contributed by atoms with van der Waals surface area (Å²) < 4.78 is 5.60. The molecule has 2 rings (SSSR count). The lowest BCUT2D eigenvalue weighted by Gasteiger charge is -2.09. The molecule has 0 fully saturated rings. The number of nitrogens with zero attached hydrogens (tertiary/aromatic N) is 1. The number of pyridine rings is 1. The molecule has 1 aromatic heterocycles. The van der Waals surface area contributed by atoms with Crippen LogP contribution in [0.2, 0.25) is 10.0 Å². The van der Waals surface area contributed by atoms with Crippen molar-refractivity contribution in [1.82, 2.24) is 4.98 Å². The van der Waals surface area contributed by atoms with Crippen LogP contribution in [0.3, 0.4) is 0 Å². The van der Waals surface area contributed by atoms with Gasteiger partial charge in [0.25, 0.3) is 0 Å². The van der Waals surface area contributed by atoms with Crippen LogP contribution in [-0.4, -0.2) is 4.98 Å². The molecule has 2 aromatic rings. The first-order valence-electron chi connectivity index (χ1n) is 5.40. The Balaban J connectivity index is 2.23. The third-order valence-electron chi connectivity index (χ3n) is 2.40. The molecular weight excluding hydrogens is 271 g/mol. The number of rotatable bonds is 3. The fourth-order valence-corrected chi connectivity index (χ4v) is 1.71. The van der Waals surface area contributed by atoms with Crippen molar-refractivity contribution in [3.05, 3.63) is 52.1 Å². The van der Waals surface area contributed by atoms with Gasteiger partial charge in [-0.25, -0.2) is 4.98 Å². The van der Waals surface area contributed by atoms with Crippen molar-refractivity contribution in [1.29, 1.82) is 0 Å². The first-order chi connectivity index (χ1) is 8.56. The molecule has 0 aliphatic rings. The summed E-state index contributed by atoms with van der Waals surface area (Å²) in [5, 5.41) is 0.929. The van der Waals surface area contributed by atoms with Gasteiger partial charge in [-0.2, -0.15) is 0 Å². The molecule has 0 spiro atoms. The molecule has 3 nitrogen and oxygen atoms in total. The van der Waals surface area contributed by atoms with E-state index in [4.69, 9.17) is 33.7 Å². The number of halogens is 2. The molecule has 0 unspecified atom stereocenters.